The molecule has 2 aromatic heterocycles. The van der Waals surface area contributed by atoms with Gasteiger partial charge in [0.25, 0.3) is 0 Å². The first-order chi connectivity index (χ1) is 16.2. The molecular formula is C30H23N3. The largest absolute Gasteiger partial charge is 0.314 e. The second-order valence-corrected chi connectivity index (χ2v) is 8.38. The SMILES string of the molecule is Cc1cc2ccccc2n1-c1ccc(-c2ccc(-n3c(C=N)cc4ccccc43)cc2)cc1. The lowest BCUT2D eigenvalue weighted by Gasteiger charge is -2.11. The normalized spacial score (nSPS) is 11.3. The van der Waals surface area contributed by atoms with Gasteiger partial charge in [0.1, 0.15) is 0 Å². The van der Waals surface area contributed by atoms with Gasteiger partial charge in [0.05, 0.1) is 16.7 Å². The van der Waals surface area contributed by atoms with Crippen LogP contribution in [0.2, 0.25) is 0 Å². The lowest BCUT2D eigenvalue weighted by Crippen LogP contribution is -1.98. The summed E-state index contributed by atoms with van der Waals surface area (Å²) in [5, 5.41) is 10.2. The third-order valence-electron chi connectivity index (χ3n) is 6.37. The average Bonchev–Trinajstić information content (AvgIpc) is 3.41. The molecule has 1 N–H and O–H groups in total. The Labute approximate surface area is 192 Å². The molecule has 0 amide bonds. The highest BCUT2D eigenvalue weighted by Crippen LogP contribution is 2.28. The van der Waals surface area contributed by atoms with Gasteiger partial charge in [-0.05, 0) is 66.6 Å². The topological polar surface area (TPSA) is 33.7 Å². The van der Waals surface area contributed by atoms with Gasteiger partial charge in [-0.25, -0.2) is 0 Å². The zero-order chi connectivity index (χ0) is 22.4. The Morgan fingerprint density at radius 1 is 0.576 bits per heavy atom. The summed E-state index contributed by atoms with van der Waals surface area (Å²) in [6, 6.07) is 38.4. The second-order valence-electron chi connectivity index (χ2n) is 8.38. The van der Waals surface area contributed by atoms with Crippen molar-refractivity contribution in [3.05, 3.63) is 121 Å². The van der Waals surface area contributed by atoms with Gasteiger partial charge < -0.3 is 14.5 Å². The van der Waals surface area contributed by atoms with E-state index in [1.807, 2.05) is 12.1 Å². The minimum Gasteiger partial charge on any atom is -0.314 e. The number of nitrogens with one attached hydrogen (secondary N) is 1. The molecular weight excluding hydrogens is 402 g/mol. The van der Waals surface area contributed by atoms with E-state index in [9.17, 15) is 0 Å². The van der Waals surface area contributed by atoms with Crippen molar-refractivity contribution in [2.75, 3.05) is 0 Å². The highest BCUT2D eigenvalue weighted by Gasteiger charge is 2.10. The third kappa shape index (κ3) is 3.17. The molecule has 0 bridgehead atoms. The number of fused-ring (bicyclic) bond motifs is 2. The van der Waals surface area contributed by atoms with Gasteiger partial charge in [-0.15, -0.1) is 0 Å². The molecule has 0 saturated carbocycles. The Morgan fingerprint density at radius 3 is 1.64 bits per heavy atom. The van der Waals surface area contributed by atoms with Crippen molar-refractivity contribution in [1.29, 1.82) is 5.41 Å². The maximum absolute atomic E-state index is 7.84. The summed E-state index contributed by atoms with van der Waals surface area (Å²) >= 11 is 0. The predicted octanol–water partition coefficient (Wildman–Crippen LogP) is 7.55. The van der Waals surface area contributed by atoms with Crippen LogP contribution in [0.5, 0.6) is 0 Å². The van der Waals surface area contributed by atoms with E-state index >= 15 is 0 Å². The number of aryl methyl sites for hydroxylation is 1. The Morgan fingerprint density at radius 2 is 1.06 bits per heavy atom. The summed E-state index contributed by atoms with van der Waals surface area (Å²) in [5.41, 5.74) is 9.04. The molecule has 3 nitrogen and oxygen atoms in total. The van der Waals surface area contributed by atoms with E-state index in [4.69, 9.17) is 5.41 Å². The molecule has 158 valence electrons. The van der Waals surface area contributed by atoms with Gasteiger partial charge >= 0.3 is 0 Å². The van der Waals surface area contributed by atoms with E-state index in [2.05, 4.69) is 113 Å². The predicted molar refractivity (Wildman–Crippen MR) is 138 cm³/mol. The number of rotatable bonds is 4. The Hall–Kier alpha value is -4.37. The molecule has 4 aromatic carbocycles. The van der Waals surface area contributed by atoms with Gasteiger partial charge in [-0.3, -0.25) is 0 Å². The van der Waals surface area contributed by atoms with Crippen molar-refractivity contribution < 1.29 is 0 Å². The fourth-order valence-electron chi connectivity index (χ4n) is 4.81. The minimum absolute atomic E-state index is 0.877. The standard InChI is InChI=1S/C30H23N3/c1-21-18-24-6-2-4-8-29(24)32(21)26-14-10-22(11-15-26)23-12-16-27(17-13-23)33-28(20-31)19-25-7-3-5-9-30(25)33/h2-20,31H,1H3. The molecule has 0 fully saturated rings. The molecule has 0 aliphatic carbocycles. The third-order valence-corrected chi connectivity index (χ3v) is 6.37. The first kappa shape index (κ1) is 19.3. The minimum atomic E-state index is 0.877. The maximum Gasteiger partial charge on any atom is 0.0644 e. The van der Waals surface area contributed by atoms with Crippen LogP contribution in [0.25, 0.3) is 44.3 Å². The molecule has 2 heterocycles. The number of nitrogens with zero attached hydrogens (tertiary/aromatic N) is 2. The highest BCUT2D eigenvalue weighted by atomic mass is 15.0. The van der Waals surface area contributed by atoms with Gasteiger partial charge in [0, 0.05) is 34.1 Å². The molecule has 33 heavy (non-hydrogen) atoms. The molecule has 6 rings (SSSR count). The van der Waals surface area contributed by atoms with Crippen molar-refractivity contribution in [3.8, 4) is 22.5 Å². The van der Waals surface area contributed by atoms with Crippen molar-refractivity contribution in [2.45, 2.75) is 6.92 Å². The fraction of sp³-hybridized carbons (Fsp3) is 0.0333. The maximum atomic E-state index is 7.84. The summed E-state index contributed by atoms with van der Waals surface area (Å²) in [6.45, 7) is 2.15. The first-order valence-corrected chi connectivity index (χ1v) is 11.1. The number of para-hydroxylation sites is 2. The number of hydrogen-bond donors (Lipinski definition) is 1. The molecule has 0 atom stereocenters. The van der Waals surface area contributed by atoms with Crippen LogP contribution in [-0.2, 0) is 0 Å². The van der Waals surface area contributed by atoms with Crippen molar-refractivity contribution in [3.63, 3.8) is 0 Å². The number of aromatic nitrogens is 2. The van der Waals surface area contributed by atoms with Gasteiger partial charge in [-0.1, -0.05) is 60.7 Å². The van der Waals surface area contributed by atoms with Gasteiger partial charge in [0.2, 0.25) is 0 Å². The van der Waals surface area contributed by atoms with Crippen LogP contribution in [-0.4, -0.2) is 15.3 Å². The van der Waals surface area contributed by atoms with E-state index < -0.39 is 0 Å². The van der Waals surface area contributed by atoms with Gasteiger partial charge in [0.15, 0.2) is 0 Å². The Bertz CT molecular complexity index is 1610. The molecule has 0 aliphatic rings. The lowest BCUT2D eigenvalue weighted by atomic mass is 10.0. The molecule has 0 aliphatic heterocycles. The van der Waals surface area contributed by atoms with Crippen LogP contribution in [0.1, 0.15) is 11.4 Å². The summed E-state index contributed by atoms with van der Waals surface area (Å²) < 4.78 is 4.44. The van der Waals surface area contributed by atoms with Crippen LogP contribution in [0.4, 0.5) is 0 Å². The summed E-state index contributed by atoms with van der Waals surface area (Å²) in [7, 11) is 0. The average molecular weight is 426 g/mol. The van der Waals surface area contributed by atoms with E-state index in [-0.39, 0.29) is 0 Å². The molecule has 0 saturated heterocycles. The van der Waals surface area contributed by atoms with Crippen molar-refractivity contribution in [1.82, 2.24) is 9.13 Å². The zero-order valence-corrected chi connectivity index (χ0v) is 18.4. The summed E-state index contributed by atoms with van der Waals surface area (Å²) in [4.78, 5) is 0. The second kappa shape index (κ2) is 7.64. The van der Waals surface area contributed by atoms with Gasteiger partial charge in [-0.2, -0.15) is 0 Å². The van der Waals surface area contributed by atoms with E-state index in [1.165, 1.54) is 39.6 Å². The summed E-state index contributed by atoms with van der Waals surface area (Å²) in [5.74, 6) is 0. The summed E-state index contributed by atoms with van der Waals surface area (Å²) in [6.07, 6.45) is 1.42. The Balaban J connectivity index is 1.35. The lowest BCUT2D eigenvalue weighted by molar-refractivity contribution is 1.05. The molecule has 0 radical (unpaired) electrons. The monoisotopic (exact) mass is 425 g/mol. The van der Waals surface area contributed by atoms with E-state index in [1.54, 1.807) is 0 Å². The van der Waals surface area contributed by atoms with Crippen LogP contribution < -0.4 is 0 Å². The molecule has 0 unspecified atom stereocenters. The zero-order valence-electron chi connectivity index (χ0n) is 18.4. The molecule has 3 heteroatoms. The van der Waals surface area contributed by atoms with Crippen LogP contribution in [0.3, 0.4) is 0 Å². The van der Waals surface area contributed by atoms with Crippen molar-refractivity contribution >= 4 is 28.0 Å². The van der Waals surface area contributed by atoms with Crippen molar-refractivity contribution in [2.24, 2.45) is 0 Å². The Kier molecular flexibility index (Phi) is 4.48. The van der Waals surface area contributed by atoms with Crippen LogP contribution in [0.15, 0.2) is 109 Å². The first-order valence-electron chi connectivity index (χ1n) is 11.1. The molecule has 0 spiro atoms. The highest BCUT2D eigenvalue weighted by molar-refractivity contribution is 5.91. The number of benzene rings is 4. The number of hydrogen-bond acceptors (Lipinski definition) is 1. The van der Waals surface area contributed by atoms with Crippen LogP contribution in [0, 0.1) is 12.3 Å². The van der Waals surface area contributed by atoms with E-state index in [0.717, 1.165) is 22.3 Å². The van der Waals surface area contributed by atoms with E-state index in [0.29, 0.717) is 0 Å². The molecule has 6 aromatic rings. The fourth-order valence-corrected chi connectivity index (χ4v) is 4.81. The smallest absolute Gasteiger partial charge is 0.0644 e. The van der Waals surface area contributed by atoms with Crippen LogP contribution >= 0.6 is 0 Å². The quantitative estimate of drug-likeness (QED) is 0.283.